The van der Waals surface area contributed by atoms with Gasteiger partial charge in [0.1, 0.15) is 5.92 Å². The molecule has 0 bridgehead atoms. The lowest BCUT2D eigenvalue weighted by Gasteiger charge is -2.51. The second kappa shape index (κ2) is 5.41. The topological polar surface area (TPSA) is 57.6 Å². The molecule has 118 valence electrons. The van der Waals surface area contributed by atoms with Crippen molar-refractivity contribution < 1.29 is 14.7 Å². The van der Waals surface area contributed by atoms with Crippen LogP contribution in [0.25, 0.3) is 0 Å². The molecule has 0 aromatic heterocycles. The third kappa shape index (κ3) is 1.97. The predicted molar refractivity (Wildman–Crippen MR) is 83.9 cm³/mol. The zero-order valence-electron chi connectivity index (χ0n) is 13.2. The molecule has 1 aromatic carbocycles. The number of fused-ring (bicyclic) bond motifs is 1. The Hall–Kier alpha value is -1.84. The molecule has 0 radical (unpaired) electrons. The van der Waals surface area contributed by atoms with Crippen molar-refractivity contribution in [1.82, 2.24) is 4.90 Å². The molecule has 1 aliphatic heterocycles. The number of amides is 1. The third-order valence-electron chi connectivity index (χ3n) is 5.49. The molecular formula is C18H23NO3. The first-order valence-corrected chi connectivity index (χ1v) is 8.18. The van der Waals surface area contributed by atoms with Gasteiger partial charge in [0, 0.05) is 11.6 Å². The molecule has 1 heterocycles. The van der Waals surface area contributed by atoms with E-state index in [4.69, 9.17) is 0 Å². The molecule has 1 spiro atoms. The van der Waals surface area contributed by atoms with Crippen LogP contribution in [0.2, 0.25) is 0 Å². The van der Waals surface area contributed by atoms with Gasteiger partial charge in [-0.1, -0.05) is 38.0 Å². The largest absolute Gasteiger partial charge is 0.481 e. The molecule has 1 fully saturated rings. The Bertz CT molecular complexity index is 604. The van der Waals surface area contributed by atoms with E-state index in [1.54, 1.807) is 6.07 Å². The van der Waals surface area contributed by atoms with E-state index in [1.165, 1.54) is 0 Å². The number of carbonyl (C=O) groups is 2. The highest BCUT2D eigenvalue weighted by atomic mass is 16.4. The maximum atomic E-state index is 13.1. The van der Waals surface area contributed by atoms with Gasteiger partial charge in [-0.25, -0.2) is 0 Å². The summed E-state index contributed by atoms with van der Waals surface area (Å²) in [5.74, 6) is -1.42. The Morgan fingerprint density at radius 2 is 2.00 bits per heavy atom. The molecule has 2 aliphatic rings. The Labute approximate surface area is 131 Å². The van der Waals surface area contributed by atoms with E-state index in [-0.39, 0.29) is 11.9 Å². The SMILES string of the molecule is CC[C@H](C)N1C(=O)c2ccccc2[C@H](C(=O)O)C12CCCC2. The summed E-state index contributed by atoms with van der Waals surface area (Å²) >= 11 is 0. The second-order valence-corrected chi connectivity index (χ2v) is 6.60. The molecule has 1 saturated carbocycles. The van der Waals surface area contributed by atoms with E-state index in [0.29, 0.717) is 11.1 Å². The molecule has 1 amide bonds. The summed E-state index contributed by atoms with van der Waals surface area (Å²) in [6, 6.07) is 7.30. The van der Waals surface area contributed by atoms with E-state index >= 15 is 0 Å². The average molecular weight is 301 g/mol. The van der Waals surface area contributed by atoms with Gasteiger partial charge in [-0.15, -0.1) is 0 Å². The Morgan fingerprint density at radius 1 is 1.36 bits per heavy atom. The molecule has 4 heteroatoms. The summed E-state index contributed by atoms with van der Waals surface area (Å²) in [7, 11) is 0. The van der Waals surface area contributed by atoms with Crippen LogP contribution in [0.4, 0.5) is 0 Å². The molecule has 1 aliphatic carbocycles. The van der Waals surface area contributed by atoms with Crippen LogP contribution in [0.5, 0.6) is 0 Å². The fourth-order valence-electron chi connectivity index (χ4n) is 4.41. The zero-order valence-corrected chi connectivity index (χ0v) is 13.2. The van der Waals surface area contributed by atoms with Crippen LogP contribution in [-0.2, 0) is 4.79 Å². The van der Waals surface area contributed by atoms with Crippen molar-refractivity contribution in [2.75, 3.05) is 0 Å². The van der Waals surface area contributed by atoms with E-state index in [9.17, 15) is 14.7 Å². The molecule has 1 N–H and O–H groups in total. The smallest absolute Gasteiger partial charge is 0.313 e. The summed E-state index contributed by atoms with van der Waals surface area (Å²) in [6.07, 6.45) is 4.39. The fourth-order valence-corrected chi connectivity index (χ4v) is 4.41. The van der Waals surface area contributed by atoms with Gasteiger partial charge in [0.15, 0.2) is 0 Å². The second-order valence-electron chi connectivity index (χ2n) is 6.60. The van der Waals surface area contributed by atoms with Crippen LogP contribution in [0, 0.1) is 0 Å². The normalized spacial score (nSPS) is 24.4. The number of hydrogen-bond donors (Lipinski definition) is 1. The fraction of sp³-hybridized carbons (Fsp3) is 0.556. The molecular weight excluding hydrogens is 278 g/mol. The van der Waals surface area contributed by atoms with Crippen molar-refractivity contribution in [2.45, 2.75) is 63.5 Å². The van der Waals surface area contributed by atoms with Gasteiger partial charge in [0.2, 0.25) is 0 Å². The van der Waals surface area contributed by atoms with Crippen LogP contribution >= 0.6 is 0 Å². The van der Waals surface area contributed by atoms with Crippen molar-refractivity contribution in [3.63, 3.8) is 0 Å². The lowest BCUT2D eigenvalue weighted by molar-refractivity contribution is -0.143. The Morgan fingerprint density at radius 3 is 2.59 bits per heavy atom. The lowest BCUT2D eigenvalue weighted by atomic mass is 9.71. The maximum Gasteiger partial charge on any atom is 0.313 e. The highest BCUT2D eigenvalue weighted by Gasteiger charge is 2.56. The Balaban J connectivity index is 2.24. The van der Waals surface area contributed by atoms with Gasteiger partial charge in [-0.3, -0.25) is 9.59 Å². The van der Waals surface area contributed by atoms with Crippen molar-refractivity contribution in [3.05, 3.63) is 35.4 Å². The van der Waals surface area contributed by atoms with Crippen LogP contribution in [-0.4, -0.2) is 33.5 Å². The molecule has 2 atom stereocenters. The van der Waals surface area contributed by atoms with Crippen molar-refractivity contribution in [3.8, 4) is 0 Å². The van der Waals surface area contributed by atoms with Gasteiger partial charge in [-0.2, -0.15) is 0 Å². The number of hydrogen-bond acceptors (Lipinski definition) is 2. The van der Waals surface area contributed by atoms with Gasteiger partial charge < -0.3 is 10.0 Å². The van der Waals surface area contributed by atoms with E-state index < -0.39 is 17.4 Å². The summed E-state index contributed by atoms with van der Waals surface area (Å²) in [6.45, 7) is 4.09. The van der Waals surface area contributed by atoms with Crippen molar-refractivity contribution in [1.29, 1.82) is 0 Å². The summed E-state index contributed by atoms with van der Waals surface area (Å²) in [5.41, 5.74) is 0.710. The first kappa shape index (κ1) is 15.1. The van der Waals surface area contributed by atoms with Crippen LogP contribution in [0.1, 0.15) is 67.8 Å². The van der Waals surface area contributed by atoms with Gasteiger partial charge in [0.25, 0.3) is 5.91 Å². The molecule has 3 rings (SSSR count). The van der Waals surface area contributed by atoms with Crippen molar-refractivity contribution in [2.24, 2.45) is 0 Å². The van der Waals surface area contributed by atoms with E-state index in [1.807, 2.05) is 30.0 Å². The van der Waals surface area contributed by atoms with E-state index in [0.717, 1.165) is 32.1 Å². The van der Waals surface area contributed by atoms with Crippen molar-refractivity contribution >= 4 is 11.9 Å². The standard InChI is InChI=1S/C18H23NO3/c1-3-12(2)19-16(20)14-9-5-4-8-13(14)15(17(21)22)18(19)10-6-7-11-18/h4-5,8-9,12,15H,3,6-7,10-11H2,1-2H3,(H,21,22)/t12-,15+/m0/s1. The highest BCUT2D eigenvalue weighted by molar-refractivity contribution is 6.01. The molecule has 22 heavy (non-hydrogen) atoms. The number of rotatable bonds is 3. The van der Waals surface area contributed by atoms with Crippen LogP contribution < -0.4 is 0 Å². The average Bonchev–Trinajstić information content (AvgIpc) is 2.96. The van der Waals surface area contributed by atoms with Gasteiger partial charge in [-0.05, 0) is 37.8 Å². The number of benzene rings is 1. The summed E-state index contributed by atoms with van der Waals surface area (Å²) < 4.78 is 0. The predicted octanol–water partition coefficient (Wildman–Crippen LogP) is 3.42. The van der Waals surface area contributed by atoms with E-state index in [2.05, 4.69) is 6.92 Å². The number of aliphatic carboxylic acids is 1. The monoisotopic (exact) mass is 301 g/mol. The lowest BCUT2D eigenvalue weighted by Crippen LogP contribution is -2.61. The summed E-state index contributed by atoms with van der Waals surface area (Å²) in [5, 5.41) is 9.93. The number of carboxylic acids is 1. The molecule has 0 saturated heterocycles. The number of carboxylic acid groups (broad SMARTS) is 1. The first-order valence-electron chi connectivity index (χ1n) is 8.18. The highest BCUT2D eigenvalue weighted by Crippen LogP contribution is 2.51. The quantitative estimate of drug-likeness (QED) is 0.930. The molecule has 0 unspecified atom stereocenters. The van der Waals surface area contributed by atoms with Crippen LogP contribution in [0.15, 0.2) is 24.3 Å². The zero-order chi connectivity index (χ0) is 15.9. The Kier molecular flexibility index (Phi) is 3.71. The minimum Gasteiger partial charge on any atom is -0.481 e. The number of nitrogens with zero attached hydrogens (tertiary/aromatic N) is 1. The minimum atomic E-state index is -0.810. The first-order chi connectivity index (χ1) is 10.5. The maximum absolute atomic E-state index is 13.1. The molecule has 1 aromatic rings. The van der Waals surface area contributed by atoms with Gasteiger partial charge in [0.05, 0.1) is 5.54 Å². The minimum absolute atomic E-state index is 0.00403. The number of carbonyl (C=O) groups excluding carboxylic acids is 1. The third-order valence-corrected chi connectivity index (χ3v) is 5.49. The van der Waals surface area contributed by atoms with Crippen LogP contribution in [0.3, 0.4) is 0 Å². The molecule has 4 nitrogen and oxygen atoms in total. The van der Waals surface area contributed by atoms with Gasteiger partial charge >= 0.3 is 5.97 Å². The summed E-state index contributed by atoms with van der Waals surface area (Å²) in [4.78, 5) is 27.1.